The van der Waals surface area contributed by atoms with E-state index in [1.165, 1.54) is 6.20 Å². The number of aromatic amines is 1. The number of hydrogen-bond donors (Lipinski definition) is 3. The first-order valence-electron chi connectivity index (χ1n) is 7.88. The lowest BCUT2D eigenvalue weighted by atomic mass is 9.87. The highest BCUT2D eigenvalue weighted by atomic mass is 16.5. The van der Waals surface area contributed by atoms with E-state index in [1.54, 1.807) is 7.11 Å². The number of H-pyrrole nitrogens is 1. The molecule has 7 heteroatoms. The number of aliphatic hydroxyl groups excluding tert-OH is 1. The first kappa shape index (κ1) is 16.5. The van der Waals surface area contributed by atoms with Crippen LogP contribution in [0.15, 0.2) is 30.5 Å². The predicted molar refractivity (Wildman–Crippen MR) is 87.2 cm³/mol. The Bertz CT molecular complexity index is 715. The molecule has 1 aromatic heterocycles. The smallest absolute Gasteiger partial charge is 0.354 e. The molecule has 0 aliphatic carbocycles. The molecule has 2 aromatic rings. The molecule has 3 N–H and O–H groups in total. The first-order chi connectivity index (χ1) is 11.6. The van der Waals surface area contributed by atoms with Crippen LogP contribution in [-0.4, -0.2) is 57.6 Å². The minimum Gasteiger partial charge on any atom is -0.497 e. The normalized spacial score (nSPS) is 21.6. The Hall–Kier alpha value is -2.38. The number of ether oxygens (including phenoxy) is 1. The molecule has 0 unspecified atom stereocenters. The van der Waals surface area contributed by atoms with Gasteiger partial charge in [-0.25, -0.2) is 4.79 Å². The third-order valence-corrected chi connectivity index (χ3v) is 4.51. The van der Waals surface area contributed by atoms with E-state index >= 15 is 0 Å². The van der Waals surface area contributed by atoms with Crippen LogP contribution in [0.3, 0.4) is 0 Å². The number of piperidine rings is 1. The van der Waals surface area contributed by atoms with E-state index in [9.17, 15) is 9.90 Å². The highest BCUT2D eigenvalue weighted by Gasteiger charge is 2.29. The van der Waals surface area contributed by atoms with E-state index in [-0.39, 0.29) is 11.6 Å². The van der Waals surface area contributed by atoms with Crippen molar-refractivity contribution in [2.45, 2.75) is 25.0 Å². The number of carbonyl (C=O) groups is 1. The van der Waals surface area contributed by atoms with Gasteiger partial charge in [-0.05, 0) is 30.7 Å². The Morgan fingerprint density at radius 1 is 1.50 bits per heavy atom. The topological polar surface area (TPSA) is 98.7 Å². The number of β-amino-alcohol motifs (C(OH)–C–C–N with tert-alkyl or cyclic N) is 1. The monoisotopic (exact) mass is 331 g/mol. The van der Waals surface area contributed by atoms with Gasteiger partial charge in [0.2, 0.25) is 0 Å². The molecule has 0 bridgehead atoms. The number of likely N-dealkylation sites (tertiary alicyclic amines) is 1. The van der Waals surface area contributed by atoms with Crippen LogP contribution in [-0.2, 0) is 6.54 Å². The molecule has 1 aliphatic rings. The van der Waals surface area contributed by atoms with Crippen LogP contribution in [0.4, 0.5) is 0 Å². The summed E-state index contributed by atoms with van der Waals surface area (Å²) in [6.07, 6.45) is 1.82. The van der Waals surface area contributed by atoms with Crippen LogP contribution in [0.25, 0.3) is 0 Å². The number of aromatic nitrogens is 2. The number of rotatable bonds is 5. The van der Waals surface area contributed by atoms with Crippen molar-refractivity contribution < 1.29 is 19.7 Å². The van der Waals surface area contributed by atoms with Gasteiger partial charge in [0, 0.05) is 24.6 Å². The van der Waals surface area contributed by atoms with Crippen molar-refractivity contribution in [2.75, 3.05) is 20.2 Å². The number of methoxy groups -OCH3 is 1. The van der Waals surface area contributed by atoms with Crippen molar-refractivity contribution in [3.8, 4) is 5.75 Å². The Morgan fingerprint density at radius 3 is 3.04 bits per heavy atom. The fraction of sp³-hybridized carbons (Fsp3) is 0.412. The van der Waals surface area contributed by atoms with Crippen molar-refractivity contribution >= 4 is 5.97 Å². The molecule has 3 rings (SSSR count). The molecule has 1 saturated heterocycles. The fourth-order valence-electron chi connectivity index (χ4n) is 3.26. The Morgan fingerprint density at radius 2 is 2.33 bits per heavy atom. The largest absolute Gasteiger partial charge is 0.497 e. The summed E-state index contributed by atoms with van der Waals surface area (Å²) >= 11 is 0. The Balaban J connectivity index is 1.66. The summed E-state index contributed by atoms with van der Waals surface area (Å²) in [4.78, 5) is 13.2. The molecule has 2 heterocycles. The lowest BCUT2D eigenvalue weighted by molar-refractivity contribution is 0.0472. The van der Waals surface area contributed by atoms with Gasteiger partial charge in [-0.2, -0.15) is 5.10 Å². The standard InChI is InChI=1S/C17H21N3O4/c1-24-13-4-2-3-11(7-13)14-5-6-20(10-15(14)21)9-12-8-18-19-16(12)17(22)23/h2-4,7-8,14-15,21H,5-6,9-10H2,1H3,(H,18,19)(H,22,23)/t14-,15+/m0/s1. The van der Waals surface area contributed by atoms with E-state index in [4.69, 9.17) is 9.84 Å². The second-order valence-electron chi connectivity index (χ2n) is 6.05. The zero-order chi connectivity index (χ0) is 17.1. The SMILES string of the molecule is COc1cccc([C@@H]2CCN(Cc3cn[nH]c3C(=O)O)C[C@H]2O)c1. The third-order valence-electron chi connectivity index (χ3n) is 4.51. The number of nitrogens with one attached hydrogen (secondary N) is 1. The molecule has 1 aliphatic heterocycles. The average Bonchev–Trinajstić information content (AvgIpc) is 3.03. The minimum atomic E-state index is -1.02. The summed E-state index contributed by atoms with van der Waals surface area (Å²) in [6.45, 7) is 1.73. The minimum absolute atomic E-state index is 0.0552. The maximum Gasteiger partial charge on any atom is 0.354 e. The Labute approximate surface area is 139 Å². The Kier molecular flexibility index (Phi) is 4.82. The lowest BCUT2D eigenvalue weighted by Crippen LogP contribution is -2.42. The zero-order valence-electron chi connectivity index (χ0n) is 13.5. The molecule has 0 spiro atoms. The molecular formula is C17H21N3O4. The molecule has 0 amide bonds. The molecule has 0 radical (unpaired) electrons. The van der Waals surface area contributed by atoms with E-state index in [0.29, 0.717) is 18.7 Å². The van der Waals surface area contributed by atoms with Gasteiger partial charge in [-0.3, -0.25) is 10.00 Å². The van der Waals surface area contributed by atoms with E-state index in [1.807, 2.05) is 24.3 Å². The van der Waals surface area contributed by atoms with Crippen molar-refractivity contribution in [3.63, 3.8) is 0 Å². The second kappa shape index (κ2) is 7.02. The van der Waals surface area contributed by atoms with Gasteiger partial charge in [-0.15, -0.1) is 0 Å². The van der Waals surface area contributed by atoms with Crippen LogP contribution in [0.1, 0.15) is 34.0 Å². The summed E-state index contributed by atoms with van der Waals surface area (Å²) in [7, 11) is 1.63. The van der Waals surface area contributed by atoms with Crippen LogP contribution < -0.4 is 4.74 Å². The van der Waals surface area contributed by atoms with E-state index in [0.717, 1.165) is 24.3 Å². The summed E-state index contributed by atoms with van der Waals surface area (Å²) < 4.78 is 5.25. The number of carboxylic acids is 1. The third kappa shape index (κ3) is 3.42. The molecule has 0 saturated carbocycles. The van der Waals surface area contributed by atoms with Crippen LogP contribution >= 0.6 is 0 Å². The first-order valence-corrected chi connectivity index (χ1v) is 7.88. The lowest BCUT2D eigenvalue weighted by Gasteiger charge is -2.36. The number of nitrogens with zero attached hydrogens (tertiary/aromatic N) is 2. The van der Waals surface area contributed by atoms with Gasteiger partial charge in [-0.1, -0.05) is 12.1 Å². The number of hydrogen-bond acceptors (Lipinski definition) is 5. The molecule has 1 fully saturated rings. The van der Waals surface area contributed by atoms with Gasteiger partial charge in [0.25, 0.3) is 0 Å². The van der Waals surface area contributed by atoms with Crippen LogP contribution in [0, 0.1) is 0 Å². The summed E-state index contributed by atoms with van der Waals surface area (Å²) in [5.41, 5.74) is 1.81. The van der Waals surface area contributed by atoms with Gasteiger partial charge in [0.1, 0.15) is 11.4 Å². The van der Waals surface area contributed by atoms with Gasteiger partial charge >= 0.3 is 5.97 Å². The predicted octanol–water partition coefficient (Wildman–Crippen LogP) is 1.47. The maximum absolute atomic E-state index is 11.1. The molecule has 1 aromatic carbocycles. The van der Waals surface area contributed by atoms with Crippen LogP contribution in [0.2, 0.25) is 0 Å². The molecule has 2 atom stereocenters. The average molecular weight is 331 g/mol. The summed E-state index contributed by atoms with van der Waals surface area (Å²) in [6, 6.07) is 7.78. The van der Waals surface area contributed by atoms with Gasteiger partial charge < -0.3 is 14.9 Å². The van der Waals surface area contributed by atoms with E-state index < -0.39 is 12.1 Å². The van der Waals surface area contributed by atoms with Crippen molar-refractivity contribution in [2.24, 2.45) is 0 Å². The molecule has 128 valence electrons. The number of aliphatic hydroxyl groups is 1. The van der Waals surface area contributed by atoms with Crippen molar-refractivity contribution in [3.05, 3.63) is 47.3 Å². The highest BCUT2D eigenvalue weighted by molar-refractivity contribution is 5.86. The quantitative estimate of drug-likeness (QED) is 0.767. The second-order valence-corrected chi connectivity index (χ2v) is 6.05. The molecular weight excluding hydrogens is 310 g/mol. The van der Waals surface area contributed by atoms with Gasteiger partial charge in [0.15, 0.2) is 0 Å². The molecule has 7 nitrogen and oxygen atoms in total. The maximum atomic E-state index is 11.1. The van der Waals surface area contributed by atoms with Crippen LogP contribution in [0.5, 0.6) is 5.75 Å². The van der Waals surface area contributed by atoms with E-state index in [2.05, 4.69) is 15.1 Å². The number of carboxylic acid groups (broad SMARTS) is 1. The van der Waals surface area contributed by atoms with Crippen molar-refractivity contribution in [1.29, 1.82) is 0 Å². The van der Waals surface area contributed by atoms with Crippen molar-refractivity contribution in [1.82, 2.24) is 15.1 Å². The summed E-state index contributed by atoms with van der Waals surface area (Å²) in [5, 5.41) is 26.0. The zero-order valence-corrected chi connectivity index (χ0v) is 13.5. The number of benzene rings is 1. The highest BCUT2D eigenvalue weighted by Crippen LogP contribution is 2.31. The number of aromatic carboxylic acids is 1. The van der Waals surface area contributed by atoms with Gasteiger partial charge in [0.05, 0.1) is 19.4 Å². The summed E-state index contributed by atoms with van der Waals surface area (Å²) in [5.74, 6) is -0.180. The fourth-order valence-corrected chi connectivity index (χ4v) is 3.26. The molecule has 24 heavy (non-hydrogen) atoms.